The Morgan fingerprint density at radius 3 is 2.20 bits per heavy atom. The highest BCUT2D eigenvalue weighted by Crippen LogP contribution is 2.35. The quantitative estimate of drug-likeness (QED) is 0.380. The van der Waals surface area contributed by atoms with Gasteiger partial charge in [0.15, 0.2) is 0 Å². The van der Waals surface area contributed by atoms with Gasteiger partial charge in [0, 0.05) is 30.8 Å². The fourth-order valence-corrected chi connectivity index (χ4v) is 3.19. The lowest BCUT2D eigenvalue weighted by Crippen LogP contribution is -2.34. The highest BCUT2D eigenvalue weighted by atomic mass is 16.6. The topological polar surface area (TPSA) is 110 Å². The number of benzene rings is 1. The Morgan fingerprint density at radius 2 is 1.68 bits per heavy atom. The third kappa shape index (κ3) is 3.42. The average Bonchev–Trinajstić information content (AvgIpc) is 2.85. The predicted octanol–water partition coefficient (Wildman–Crippen LogP) is 1.87. The standard InChI is InChI=1S/C17H17N3O5/c21-15(18-11-5-7-12(8-6-11)20(24)25)9-10-19-16(22)13-3-1-2-4-14(13)17(19)23/h1-2,5-8,13-14H,3-4,9-10H2,(H,18,21). The van der Waals surface area contributed by atoms with Crippen molar-refractivity contribution in [3.8, 4) is 0 Å². The maximum absolute atomic E-state index is 12.3. The summed E-state index contributed by atoms with van der Waals surface area (Å²) in [6.07, 6.45) is 4.96. The largest absolute Gasteiger partial charge is 0.326 e. The molecule has 2 unspecified atom stereocenters. The molecule has 1 aromatic carbocycles. The number of rotatable bonds is 5. The fraction of sp³-hybridized carbons (Fsp3) is 0.353. The van der Waals surface area contributed by atoms with Gasteiger partial charge in [-0.15, -0.1) is 0 Å². The zero-order valence-corrected chi connectivity index (χ0v) is 13.4. The van der Waals surface area contributed by atoms with Crippen molar-refractivity contribution in [2.45, 2.75) is 19.3 Å². The number of allylic oxidation sites excluding steroid dienone is 2. The number of amides is 3. The molecular formula is C17H17N3O5. The number of hydrogen-bond acceptors (Lipinski definition) is 5. The molecule has 1 heterocycles. The van der Waals surface area contributed by atoms with Gasteiger partial charge in [0.25, 0.3) is 5.69 Å². The summed E-state index contributed by atoms with van der Waals surface area (Å²) >= 11 is 0. The smallest absolute Gasteiger partial charge is 0.269 e. The van der Waals surface area contributed by atoms with Crippen LogP contribution in [0, 0.1) is 22.0 Å². The lowest BCUT2D eigenvalue weighted by molar-refractivity contribution is -0.384. The molecule has 0 saturated carbocycles. The summed E-state index contributed by atoms with van der Waals surface area (Å²) in [5.41, 5.74) is 0.356. The Labute approximate surface area is 143 Å². The minimum absolute atomic E-state index is 0.0126. The Balaban J connectivity index is 1.55. The summed E-state index contributed by atoms with van der Waals surface area (Å²) in [5, 5.41) is 13.2. The molecule has 0 spiro atoms. The number of anilines is 1. The number of likely N-dealkylation sites (tertiary alicyclic amines) is 1. The van der Waals surface area contributed by atoms with Crippen molar-refractivity contribution in [2.24, 2.45) is 11.8 Å². The van der Waals surface area contributed by atoms with Gasteiger partial charge in [-0.3, -0.25) is 29.4 Å². The SMILES string of the molecule is O=C(CCN1C(=O)C2CC=CCC2C1=O)Nc1ccc([N+](=O)[O-])cc1. The number of imide groups is 1. The molecule has 1 aliphatic heterocycles. The molecule has 1 aliphatic carbocycles. The first-order valence-corrected chi connectivity index (χ1v) is 8.02. The van der Waals surface area contributed by atoms with E-state index >= 15 is 0 Å². The maximum Gasteiger partial charge on any atom is 0.269 e. The molecular weight excluding hydrogens is 326 g/mol. The molecule has 1 aromatic rings. The van der Waals surface area contributed by atoms with Gasteiger partial charge < -0.3 is 5.32 Å². The summed E-state index contributed by atoms with van der Waals surface area (Å²) in [4.78, 5) is 47.9. The van der Waals surface area contributed by atoms with E-state index in [-0.39, 0.29) is 48.2 Å². The first kappa shape index (κ1) is 16.8. The van der Waals surface area contributed by atoms with Gasteiger partial charge in [0.1, 0.15) is 0 Å². The third-order valence-electron chi connectivity index (χ3n) is 4.52. The van der Waals surface area contributed by atoms with Crippen LogP contribution in [0.25, 0.3) is 0 Å². The van der Waals surface area contributed by atoms with Crippen molar-refractivity contribution in [1.29, 1.82) is 0 Å². The van der Waals surface area contributed by atoms with Gasteiger partial charge in [-0.05, 0) is 25.0 Å². The molecule has 0 radical (unpaired) electrons. The normalized spacial score (nSPS) is 22.0. The summed E-state index contributed by atoms with van der Waals surface area (Å²) in [6.45, 7) is 0.0451. The number of fused-ring (bicyclic) bond motifs is 1. The maximum atomic E-state index is 12.3. The summed E-state index contributed by atoms with van der Waals surface area (Å²) in [7, 11) is 0. The van der Waals surface area contributed by atoms with Crippen LogP contribution in [0.4, 0.5) is 11.4 Å². The molecule has 130 valence electrons. The monoisotopic (exact) mass is 343 g/mol. The Morgan fingerprint density at radius 1 is 1.12 bits per heavy atom. The predicted molar refractivity (Wildman–Crippen MR) is 88.4 cm³/mol. The van der Waals surface area contributed by atoms with E-state index in [1.807, 2.05) is 12.2 Å². The average molecular weight is 343 g/mol. The summed E-state index contributed by atoms with van der Waals surface area (Å²) < 4.78 is 0. The molecule has 2 atom stereocenters. The van der Waals surface area contributed by atoms with E-state index in [1.165, 1.54) is 29.2 Å². The van der Waals surface area contributed by atoms with Crippen molar-refractivity contribution in [2.75, 3.05) is 11.9 Å². The molecule has 0 bridgehead atoms. The molecule has 1 fully saturated rings. The third-order valence-corrected chi connectivity index (χ3v) is 4.52. The van der Waals surface area contributed by atoms with Crippen LogP contribution in [0.1, 0.15) is 19.3 Å². The minimum atomic E-state index is -0.523. The molecule has 8 heteroatoms. The fourth-order valence-electron chi connectivity index (χ4n) is 3.19. The van der Waals surface area contributed by atoms with Crippen LogP contribution < -0.4 is 5.32 Å². The van der Waals surface area contributed by atoms with E-state index in [4.69, 9.17) is 0 Å². The van der Waals surface area contributed by atoms with E-state index < -0.39 is 4.92 Å². The molecule has 25 heavy (non-hydrogen) atoms. The van der Waals surface area contributed by atoms with Crippen molar-refractivity contribution >= 4 is 29.1 Å². The zero-order chi connectivity index (χ0) is 18.0. The summed E-state index contributed by atoms with van der Waals surface area (Å²) in [5.74, 6) is -1.36. The number of carbonyl (C=O) groups is 3. The summed E-state index contributed by atoms with van der Waals surface area (Å²) in [6, 6.07) is 5.45. The highest BCUT2D eigenvalue weighted by molar-refractivity contribution is 6.05. The second kappa shape index (κ2) is 6.84. The molecule has 1 saturated heterocycles. The van der Waals surface area contributed by atoms with Crippen molar-refractivity contribution in [3.63, 3.8) is 0 Å². The van der Waals surface area contributed by atoms with Gasteiger partial charge in [0.2, 0.25) is 17.7 Å². The number of nitrogens with zero attached hydrogens (tertiary/aromatic N) is 2. The van der Waals surface area contributed by atoms with Crippen LogP contribution in [0.15, 0.2) is 36.4 Å². The Hall–Kier alpha value is -3.03. The number of nitro benzene ring substituents is 1. The van der Waals surface area contributed by atoms with Gasteiger partial charge in [-0.2, -0.15) is 0 Å². The van der Waals surface area contributed by atoms with Crippen LogP contribution >= 0.6 is 0 Å². The van der Waals surface area contributed by atoms with Crippen LogP contribution in [0.3, 0.4) is 0 Å². The van der Waals surface area contributed by atoms with Gasteiger partial charge in [0.05, 0.1) is 16.8 Å². The number of hydrogen-bond donors (Lipinski definition) is 1. The zero-order valence-electron chi connectivity index (χ0n) is 13.4. The number of nitro groups is 1. The lowest BCUT2D eigenvalue weighted by Gasteiger charge is -2.14. The second-order valence-corrected chi connectivity index (χ2v) is 6.09. The van der Waals surface area contributed by atoms with E-state index in [0.29, 0.717) is 18.5 Å². The van der Waals surface area contributed by atoms with Crippen LogP contribution in [0.5, 0.6) is 0 Å². The van der Waals surface area contributed by atoms with E-state index in [2.05, 4.69) is 5.32 Å². The van der Waals surface area contributed by atoms with Crippen LogP contribution in [-0.4, -0.2) is 34.1 Å². The lowest BCUT2D eigenvalue weighted by atomic mass is 9.85. The molecule has 3 rings (SSSR count). The second-order valence-electron chi connectivity index (χ2n) is 6.09. The first-order chi connectivity index (χ1) is 12.0. The Bertz CT molecular complexity index is 730. The molecule has 3 amide bonds. The van der Waals surface area contributed by atoms with Gasteiger partial charge in [-0.1, -0.05) is 12.2 Å². The number of carbonyl (C=O) groups excluding carboxylic acids is 3. The first-order valence-electron chi connectivity index (χ1n) is 8.02. The molecule has 8 nitrogen and oxygen atoms in total. The Kier molecular flexibility index (Phi) is 4.60. The van der Waals surface area contributed by atoms with Crippen molar-refractivity contribution in [1.82, 2.24) is 4.90 Å². The number of non-ortho nitro benzene ring substituents is 1. The van der Waals surface area contributed by atoms with E-state index in [0.717, 1.165) is 0 Å². The molecule has 0 aromatic heterocycles. The minimum Gasteiger partial charge on any atom is -0.326 e. The number of nitrogens with one attached hydrogen (secondary N) is 1. The van der Waals surface area contributed by atoms with Crippen LogP contribution in [0.2, 0.25) is 0 Å². The van der Waals surface area contributed by atoms with Gasteiger partial charge in [-0.25, -0.2) is 0 Å². The molecule has 1 N–H and O–H groups in total. The van der Waals surface area contributed by atoms with E-state index in [9.17, 15) is 24.5 Å². The van der Waals surface area contributed by atoms with E-state index in [1.54, 1.807) is 0 Å². The molecule has 2 aliphatic rings. The highest BCUT2D eigenvalue weighted by Gasteiger charge is 2.46. The van der Waals surface area contributed by atoms with Crippen molar-refractivity contribution in [3.05, 3.63) is 46.5 Å². The van der Waals surface area contributed by atoms with Gasteiger partial charge >= 0.3 is 0 Å². The van der Waals surface area contributed by atoms with Crippen molar-refractivity contribution < 1.29 is 19.3 Å². The van der Waals surface area contributed by atoms with Crippen LogP contribution in [-0.2, 0) is 14.4 Å².